The minimum Gasteiger partial charge on any atom is -0.227 e. The predicted molar refractivity (Wildman–Crippen MR) is 65.0 cm³/mol. The van der Waals surface area contributed by atoms with Gasteiger partial charge in [0.2, 0.25) is 0 Å². The number of rotatable bonds is 1. The molecule has 0 N–H and O–H groups in total. The van der Waals surface area contributed by atoms with Crippen molar-refractivity contribution < 1.29 is 4.39 Å². The molecule has 0 spiro atoms. The molecule has 0 amide bonds. The lowest BCUT2D eigenvalue weighted by molar-refractivity contribution is 0.349. The zero-order valence-electron chi connectivity index (χ0n) is 8.57. The fourth-order valence-electron chi connectivity index (χ4n) is 0.918. The molecular formula is C11H16FI. The SMILES string of the molecule is CC.Cc1cccc(C(C)(F)I)c1. The van der Waals surface area contributed by atoms with Crippen molar-refractivity contribution in [3.8, 4) is 0 Å². The highest BCUT2D eigenvalue weighted by Crippen LogP contribution is 2.32. The maximum Gasteiger partial charge on any atom is 0.183 e. The highest BCUT2D eigenvalue weighted by Gasteiger charge is 2.20. The summed E-state index contributed by atoms with van der Waals surface area (Å²) in [6.07, 6.45) is 0. The van der Waals surface area contributed by atoms with Crippen LogP contribution in [-0.2, 0) is 3.68 Å². The molecule has 0 saturated carbocycles. The molecule has 0 saturated heterocycles. The minimum atomic E-state index is -1.25. The van der Waals surface area contributed by atoms with Gasteiger partial charge in [0.1, 0.15) is 0 Å². The van der Waals surface area contributed by atoms with E-state index < -0.39 is 3.68 Å². The Kier molecular flexibility index (Phi) is 5.53. The van der Waals surface area contributed by atoms with Gasteiger partial charge in [-0.05, 0) is 42.0 Å². The van der Waals surface area contributed by atoms with Crippen molar-refractivity contribution in [1.82, 2.24) is 0 Å². The summed E-state index contributed by atoms with van der Waals surface area (Å²) in [5.41, 5.74) is 1.83. The van der Waals surface area contributed by atoms with Crippen LogP contribution >= 0.6 is 22.6 Å². The Balaban J connectivity index is 0.000000671. The van der Waals surface area contributed by atoms with Gasteiger partial charge in [-0.25, -0.2) is 4.39 Å². The summed E-state index contributed by atoms with van der Waals surface area (Å²) >= 11 is 1.79. The summed E-state index contributed by atoms with van der Waals surface area (Å²) in [4.78, 5) is 0. The zero-order chi connectivity index (χ0) is 10.5. The van der Waals surface area contributed by atoms with Gasteiger partial charge in [-0.15, -0.1) is 0 Å². The molecular weight excluding hydrogens is 278 g/mol. The van der Waals surface area contributed by atoms with Crippen molar-refractivity contribution in [1.29, 1.82) is 0 Å². The maximum atomic E-state index is 13.3. The first-order valence-corrected chi connectivity index (χ1v) is 5.53. The van der Waals surface area contributed by atoms with Crippen molar-refractivity contribution in [3.05, 3.63) is 35.4 Å². The molecule has 1 aromatic carbocycles. The highest BCUT2D eigenvalue weighted by atomic mass is 127. The molecule has 0 nitrogen and oxygen atoms in total. The van der Waals surface area contributed by atoms with Gasteiger partial charge >= 0.3 is 0 Å². The van der Waals surface area contributed by atoms with Crippen LogP contribution < -0.4 is 0 Å². The number of halogens is 2. The van der Waals surface area contributed by atoms with Crippen LogP contribution in [0.3, 0.4) is 0 Å². The minimum absolute atomic E-state index is 0.734. The van der Waals surface area contributed by atoms with Crippen molar-refractivity contribution in [2.75, 3.05) is 0 Å². The van der Waals surface area contributed by atoms with Gasteiger partial charge in [0.15, 0.2) is 3.68 Å². The van der Waals surface area contributed by atoms with Crippen molar-refractivity contribution in [2.45, 2.75) is 31.4 Å². The average Bonchev–Trinajstić information content (AvgIpc) is 2.06. The van der Waals surface area contributed by atoms with Crippen LogP contribution in [0.4, 0.5) is 4.39 Å². The molecule has 0 fully saturated rings. The number of hydrogen-bond acceptors (Lipinski definition) is 0. The van der Waals surface area contributed by atoms with Crippen molar-refractivity contribution in [3.63, 3.8) is 0 Å². The molecule has 1 aromatic rings. The van der Waals surface area contributed by atoms with E-state index in [4.69, 9.17) is 0 Å². The Morgan fingerprint density at radius 2 is 1.85 bits per heavy atom. The van der Waals surface area contributed by atoms with E-state index in [1.54, 1.807) is 35.6 Å². The molecule has 1 atom stereocenters. The summed E-state index contributed by atoms with van der Waals surface area (Å²) < 4.78 is 12.0. The number of hydrogen-bond donors (Lipinski definition) is 0. The third-order valence-corrected chi connectivity index (χ3v) is 2.15. The second-order valence-electron chi connectivity index (χ2n) is 2.76. The van der Waals surface area contributed by atoms with Gasteiger partial charge < -0.3 is 0 Å². The van der Waals surface area contributed by atoms with E-state index in [9.17, 15) is 4.39 Å². The van der Waals surface area contributed by atoms with E-state index in [0.717, 1.165) is 11.1 Å². The first-order valence-electron chi connectivity index (χ1n) is 4.45. The Hall–Kier alpha value is -0.120. The summed E-state index contributed by atoms with van der Waals surface area (Å²) in [6, 6.07) is 7.51. The van der Waals surface area contributed by atoms with Gasteiger partial charge in [0.25, 0.3) is 0 Å². The van der Waals surface area contributed by atoms with Gasteiger partial charge in [-0.1, -0.05) is 43.7 Å². The van der Waals surface area contributed by atoms with Crippen molar-refractivity contribution >= 4 is 22.6 Å². The Morgan fingerprint density at radius 1 is 1.31 bits per heavy atom. The Morgan fingerprint density at radius 3 is 2.15 bits per heavy atom. The first kappa shape index (κ1) is 12.9. The van der Waals surface area contributed by atoms with E-state index >= 15 is 0 Å². The molecule has 13 heavy (non-hydrogen) atoms. The quantitative estimate of drug-likeness (QED) is 0.524. The van der Waals surface area contributed by atoms with Crippen LogP contribution in [0, 0.1) is 6.92 Å². The molecule has 0 aliphatic heterocycles. The highest BCUT2D eigenvalue weighted by molar-refractivity contribution is 14.1. The van der Waals surface area contributed by atoms with E-state index in [1.165, 1.54) is 0 Å². The van der Waals surface area contributed by atoms with E-state index in [-0.39, 0.29) is 0 Å². The van der Waals surface area contributed by atoms with Crippen LogP contribution in [0.1, 0.15) is 31.9 Å². The Labute approximate surface area is 93.7 Å². The van der Waals surface area contributed by atoms with Gasteiger partial charge in [0, 0.05) is 0 Å². The van der Waals surface area contributed by atoms with Gasteiger partial charge in [0.05, 0.1) is 0 Å². The second kappa shape index (κ2) is 5.58. The molecule has 0 radical (unpaired) electrons. The average molecular weight is 294 g/mol. The molecule has 0 heterocycles. The summed E-state index contributed by atoms with van der Waals surface area (Å²) in [7, 11) is 0. The third kappa shape index (κ3) is 4.60. The molecule has 1 rings (SSSR count). The standard InChI is InChI=1S/C9H10FI.C2H6/c1-7-4-3-5-8(6-7)9(2,10)11;1-2/h3-6H,1-2H3;1-2H3. The molecule has 1 unspecified atom stereocenters. The molecule has 0 aliphatic rings. The molecule has 74 valence electrons. The number of alkyl halides is 2. The summed E-state index contributed by atoms with van der Waals surface area (Å²) in [5, 5.41) is 0. The van der Waals surface area contributed by atoms with Crippen LogP contribution in [0.2, 0.25) is 0 Å². The number of benzene rings is 1. The van der Waals surface area contributed by atoms with E-state index in [0.29, 0.717) is 0 Å². The van der Waals surface area contributed by atoms with E-state index in [2.05, 4.69) is 0 Å². The lowest BCUT2D eigenvalue weighted by Crippen LogP contribution is -2.03. The maximum absolute atomic E-state index is 13.3. The lowest BCUT2D eigenvalue weighted by atomic mass is 10.1. The molecule has 0 aromatic heterocycles. The predicted octanol–water partition coefficient (Wildman–Crippen LogP) is 4.60. The zero-order valence-corrected chi connectivity index (χ0v) is 10.7. The third-order valence-electron chi connectivity index (χ3n) is 1.52. The molecule has 0 bridgehead atoms. The van der Waals surface area contributed by atoms with Crippen molar-refractivity contribution in [2.24, 2.45) is 0 Å². The lowest BCUT2D eigenvalue weighted by Gasteiger charge is -2.12. The molecule has 2 heteroatoms. The van der Waals surface area contributed by atoms with Gasteiger partial charge in [-0.2, -0.15) is 0 Å². The van der Waals surface area contributed by atoms with Crippen LogP contribution in [0.25, 0.3) is 0 Å². The normalized spacial score (nSPS) is 14.0. The fraction of sp³-hybridized carbons (Fsp3) is 0.455. The van der Waals surface area contributed by atoms with Crippen LogP contribution in [-0.4, -0.2) is 0 Å². The summed E-state index contributed by atoms with van der Waals surface area (Å²) in [6.45, 7) is 7.52. The van der Waals surface area contributed by atoms with Crippen LogP contribution in [0.15, 0.2) is 24.3 Å². The van der Waals surface area contributed by atoms with E-state index in [1.807, 2.05) is 39.0 Å². The molecule has 0 aliphatic carbocycles. The topological polar surface area (TPSA) is 0 Å². The second-order valence-corrected chi connectivity index (χ2v) is 4.78. The fourth-order valence-corrected chi connectivity index (χ4v) is 1.25. The van der Waals surface area contributed by atoms with Gasteiger partial charge in [-0.3, -0.25) is 0 Å². The Bertz CT molecular complexity index is 251. The van der Waals surface area contributed by atoms with Crippen LogP contribution in [0.5, 0.6) is 0 Å². The smallest absolute Gasteiger partial charge is 0.183 e. The number of aryl methyl sites for hydroxylation is 1. The first-order chi connectivity index (χ1) is 6.00. The monoisotopic (exact) mass is 294 g/mol. The summed E-state index contributed by atoms with van der Waals surface area (Å²) in [5.74, 6) is 0. The largest absolute Gasteiger partial charge is 0.227 e.